The topological polar surface area (TPSA) is 20.3 Å². The lowest BCUT2D eigenvalue weighted by atomic mass is 9.80. The number of benzene rings is 3. The van der Waals surface area contributed by atoms with E-state index in [0.717, 1.165) is 41.8 Å². The van der Waals surface area contributed by atoms with Gasteiger partial charge in [-0.15, -0.1) is 0 Å². The summed E-state index contributed by atoms with van der Waals surface area (Å²) in [5.41, 5.74) is 6.62. The summed E-state index contributed by atoms with van der Waals surface area (Å²) in [6.45, 7) is 0. The molecule has 0 aromatic heterocycles. The van der Waals surface area contributed by atoms with Gasteiger partial charge in [-0.25, -0.2) is 0 Å². The first-order valence-electron chi connectivity index (χ1n) is 10.2. The van der Waals surface area contributed by atoms with Gasteiger partial charge >= 0.3 is 0 Å². The number of carbonyl (C=O) groups excluding carboxylic acids is 1. The molecule has 1 amide bonds. The third-order valence-electron chi connectivity index (χ3n) is 5.96. The molecule has 0 radical (unpaired) electrons. The smallest absolute Gasteiger partial charge is 0.259 e. The molecule has 0 spiro atoms. The molecule has 0 N–H and O–H groups in total. The summed E-state index contributed by atoms with van der Waals surface area (Å²) in [4.78, 5) is 15.5. The maximum atomic E-state index is 13.5. The quantitative estimate of drug-likeness (QED) is 0.522. The average Bonchev–Trinajstić information content (AvgIpc) is 3.06. The van der Waals surface area contributed by atoms with Crippen molar-refractivity contribution in [3.8, 4) is 0 Å². The number of allylic oxidation sites excluding steroid dienone is 1. The highest BCUT2D eigenvalue weighted by Crippen LogP contribution is 2.46. The lowest BCUT2D eigenvalue weighted by Crippen LogP contribution is -2.25. The molecule has 0 bridgehead atoms. The second-order valence-corrected chi connectivity index (χ2v) is 7.72. The Balaban J connectivity index is 1.57. The molecule has 142 valence electrons. The van der Waals surface area contributed by atoms with Crippen molar-refractivity contribution in [3.05, 3.63) is 119 Å². The Morgan fingerprint density at radius 3 is 2.07 bits per heavy atom. The number of hydrogen-bond donors (Lipinski definition) is 0. The Kier molecular flexibility index (Phi) is 4.61. The molecule has 0 saturated carbocycles. The Labute approximate surface area is 171 Å². The first-order chi connectivity index (χ1) is 14.3. The Bertz CT molecular complexity index is 1080. The van der Waals surface area contributed by atoms with Crippen LogP contribution < -0.4 is 4.90 Å². The summed E-state index contributed by atoms with van der Waals surface area (Å²) in [5.74, 6) is 0.543. The molecule has 1 aliphatic carbocycles. The largest absolute Gasteiger partial charge is 0.277 e. The predicted molar refractivity (Wildman–Crippen MR) is 118 cm³/mol. The Morgan fingerprint density at radius 2 is 1.38 bits per heavy atom. The molecule has 1 unspecified atom stereocenters. The van der Waals surface area contributed by atoms with E-state index in [-0.39, 0.29) is 5.91 Å². The summed E-state index contributed by atoms with van der Waals surface area (Å²) < 4.78 is 0. The molecule has 1 aliphatic heterocycles. The number of carbonyl (C=O) groups is 1. The molecule has 2 heteroatoms. The highest BCUT2D eigenvalue weighted by molar-refractivity contribution is 6.14. The normalized spacial score (nSPS) is 20.3. The highest BCUT2D eigenvalue weighted by Gasteiger charge is 2.39. The summed E-state index contributed by atoms with van der Waals surface area (Å²) in [6.07, 6.45) is 4.98. The van der Waals surface area contributed by atoms with Crippen molar-refractivity contribution in [3.63, 3.8) is 0 Å². The predicted octanol–water partition coefficient (Wildman–Crippen LogP) is 6.34. The van der Waals surface area contributed by atoms with Gasteiger partial charge in [0.1, 0.15) is 0 Å². The van der Waals surface area contributed by atoms with Crippen LogP contribution in [0.15, 0.2) is 108 Å². The third kappa shape index (κ3) is 3.31. The zero-order chi connectivity index (χ0) is 19.6. The maximum absolute atomic E-state index is 13.5. The lowest BCUT2D eigenvalue weighted by molar-refractivity contribution is -0.114. The number of para-hydroxylation sites is 1. The molecule has 1 atom stereocenters. The Morgan fingerprint density at radius 1 is 0.759 bits per heavy atom. The van der Waals surface area contributed by atoms with E-state index < -0.39 is 0 Å². The van der Waals surface area contributed by atoms with E-state index in [1.165, 1.54) is 11.1 Å². The van der Waals surface area contributed by atoms with Crippen molar-refractivity contribution in [2.24, 2.45) is 0 Å². The highest BCUT2D eigenvalue weighted by atomic mass is 16.2. The molecule has 2 aliphatic rings. The molecular weight excluding hydrogens is 354 g/mol. The van der Waals surface area contributed by atoms with E-state index in [0.29, 0.717) is 5.92 Å². The first kappa shape index (κ1) is 17.7. The van der Waals surface area contributed by atoms with Crippen LogP contribution in [-0.4, -0.2) is 5.91 Å². The van der Waals surface area contributed by atoms with Gasteiger partial charge in [0.2, 0.25) is 0 Å². The van der Waals surface area contributed by atoms with Crippen molar-refractivity contribution in [2.45, 2.75) is 25.2 Å². The van der Waals surface area contributed by atoms with Gasteiger partial charge in [-0.05, 0) is 60.1 Å². The van der Waals surface area contributed by atoms with Crippen molar-refractivity contribution >= 4 is 17.7 Å². The van der Waals surface area contributed by atoms with Crippen LogP contribution >= 0.6 is 0 Å². The van der Waals surface area contributed by atoms with Gasteiger partial charge in [0, 0.05) is 11.3 Å². The van der Waals surface area contributed by atoms with E-state index in [2.05, 4.69) is 48.5 Å². The summed E-state index contributed by atoms with van der Waals surface area (Å²) in [6, 6.07) is 30.9. The lowest BCUT2D eigenvalue weighted by Gasteiger charge is -2.23. The summed E-state index contributed by atoms with van der Waals surface area (Å²) >= 11 is 0. The van der Waals surface area contributed by atoms with Crippen LogP contribution in [0.4, 0.5) is 5.69 Å². The minimum atomic E-state index is 0.133. The molecule has 2 nitrogen and oxygen atoms in total. The van der Waals surface area contributed by atoms with Gasteiger partial charge in [-0.2, -0.15) is 0 Å². The molecule has 0 fully saturated rings. The molecule has 29 heavy (non-hydrogen) atoms. The number of anilines is 1. The second-order valence-electron chi connectivity index (χ2n) is 7.72. The van der Waals surface area contributed by atoms with Gasteiger partial charge in [0.25, 0.3) is 5.91 Å². The van der Waals surface area contributed by atoms with Crippen LogP contribution in [-0.2, 0) is 4.79 Å². The standard InChI is InChI=1S/C27H23NO/c29-27-25-19-22(21-12-6-2-7-13-21)16-17-24(25)26(18-20-10-4-1-5-11-20)28(27)23-14-8-3-9-15-23/h1-15,18,22H,16-17,19H2/b26-18-. The van der Waals surface area contributed by atoms with Crippen molar-refractivity contribution in [1.82, 2.24) is 0 Å². The Hall–Kier alpha value is -3.39. The van der Waals surface area contributed by atoms with Gasteiger partial charge in [-0.1, -0.05) is 78.9 Å². The fourth-order valence-corrected chi connectivity index (χ4v) is 4.52. The maximum Gasteiger partial charge on any atom is 0.259 e. The monoisotopic (exact) mass is 377 g/mol. The van der Waals surface area contributed by atoms with Crippen molar-refractivity contribution in [1.29, 1.82) is 0 Å². The molecule has 5 rings (SSSR count). The number of rotatable bonds is 3. The van der Waals surface area contributed by atoms with E-state index in [9.17, 15) is 4.79 Å². The minimum absolute atomic E-state index is 0.133. The number of amides is 1. The van der Waals surface area contributed by atoms with E-state index >= 15 is 0 Å². The second kappa shape index (κ2) is 7.56. The van der Waals surface area contributed by atoms with Crippen LogP contribution in [0.1, 0.15) is 36.3 Å². The molecule has 3 aromatic rings. The third-order valence-corrected chi connectivity index (χ3v) is 5.96. The zero-order valence-corrected chi connectivity index (χ0v) is 16.3. The van der Waals surface area contributed by atoms with E-state index in [4.69, 9.17) is 0 Å². The fraction of sp³-hybridized carbons (Fsp3) is 0.148. The summed E-state index contributed by atoms with van der Waals surface area (Å²) in [7, 11) is 0. The minimum Gasteiger partial charge on any atom is -0.277 e. The molecule has 3 aromatic carbocycles. The van der Waals surface area contributed by atoms with E-state index in [1.807, 2.05) is 53.4 Å². The molecule has 0 saturated heterocycles. The van der Waals surface area contributed by atoms with Crippen molar-refractivity contribution in [2.75, 3.05) is 4.90 Å². The van der Waals surface area contributed by atoms with Crippen LogP contribution in [0, 0.1) is 0 Å². The SMILES string of the molecule is O=C1C2=C(CCC(c3ccccc3)C2)/C(=C/c2ccccc2)N1c1ccccc1. The first-order valence-corrected chi connectivity index (χ1v) is 10.2. The molecule has 1 heterocycles. The van der Waals surface area contributed by atoms with Crippen LogP contribution in [0.5, 0.6) is 0 Å². The van der Waals surface area contributed by atoms with Crippen LogP contribution in [0.25, 0.3) is 6.08 Å². The van der Waals surface area contributed by atoms with Crippen molar-refractivity contribution < 1.29 is 4.79 Å². The van der Waals surface area contributed by atoms with Gasteiger partial charge < -0.3 is 0 Å². The number of hydrogen-bond acceptors (Lipinski definition) is 1. The fourth-order valence-electron chi connectivity index (χ4n) is 4.52. The zero-order valence-electron chi connectivity index (χ0n) is 16.3. The van der Waals surface area contributed by atoms with Gasteiger partial charge in [0.05, 0.1) is 5.70 Å². The van der Waals surface area contributed by atoms with Gasteiger partial charge in [-0.3, -0.25) is 9.69 Å². The molecular formula is C27H23NO. The average molecular weight is 377 g/mol. The van der Waals surface area contributed by atoms with Crippen LogP contribution in [0.3, 0.4) is 0 Å². The van der Waals surface area contributed by atoms with Gasteiger partial charge in [0.15, 0.2) is 0 Å². The van der Waals surface area contributed by atoms with E-state index in [1.54, 1.807) is 0 Å². The number of nitrogens with zero attached hydrogens (tertiary/aromatic N) is 1. The van der Waals surface area contributed by atoms with Crippen LogP contribution in [0.2, 0.25) is 0 Å². The summed E-state index contributed by atoms with van der Waals surface area (Å²) in [5, 5.41) is 0.